The highest BCUT2D eigenvalue weighted by Gasteiger charge is 2.28. The number of nitrogens with zero attached hydrogens (tertiary/aromatic N) is 3. The van der Waals surface area contributed by atoms with Gasteiger partial charge in [-0.2, -0.15) is 5.10 Å². The first-order valence-corrected chi connectivity index (χ1v) is 9.05. The summed E-state index contributed by atoms with van der Waals surface area (Å²) < 4.78 is 7.73. The highest BCUT2D eigenvalue weighted by atomic mass is 16.5. The monoisotopic (exact) mass is 341 g/mol. The maximum atomic E-state index is 12.4. The third-order valence-electron chi connectivity index (χ3n) is 4.70. The van der Waals surface area contributed by atoms with Crippen molar-refractivity contribution < 1.29 is 9.53 Å². The van der Waals surface area contributed by atoms with E-state index in [0.717, 1.165) is 31.6 Å². The van der Waals surface area contributed by atoms with Crippen molar-refractivity contribution in [3.8, 4) is 0 Å². The van der Waals surface area contributed by atoms with Crippen LogP contribution in [0.15, 0.2) is 36.4 Å². The molecule has 3 rings (SSSR count). The molecule has 1 saturated heterocycles. The first-order chi connectivity index (χ1) is 12.1. The summed E-state index contributed by atoms with van der Waals surface area (Å²) >= 11 is 0. The number of aromatic nitrogens is 2. The molecule has 25 heavy (non-hydrogen) atoms. The molecule has 2 aromatic rings. The van der Waals surface area contributed by atoms with Crippen LogP contribution in [-0.4, -0.2) is 40.3 Å². The summed E-state index contributed by atoms with van der Waals surface area (Å²) in [4.78, 5) is 14.4. The summed E-state index contributed by atoms with van der Waals surface area (Å²) in [5.74, 6) is 0.229. The van der Waals surface area contributed by atoms with Gasteiger partial charge in [0.2, 0.25) is 5.91 Å². The molecule has 1 amide bonds. The molecule has 0 aliphatic carbocycles. The average Bonchev–Trinajstić information content (AvgIpc) is 3.21. The predicted molar refractivity (Wildman–Crippen MR) is 97.3 cm³/mol. The second kappa shape index (κ2) is 8.30. The second-order valence-electron chi connectivity index (χ2n) is 6.80. The van der Waals surface area contributed by atoms with E-state index in [0.29, 0.717) is 25.7 Å². The van der Waals surface area contributed by atoms with Crippen LogP contribution in [0.4, 0.5) is 0 Å². The SMILES string of the molecule is Cc1cc(C)n(C2CCN(C(=O)CCCOCc3ccccc3)C2)n1. The predicted octanol–water partition coefficient (Wildman–Crippen LogP) is 3.27. The molecule has 134 valence electrons. The van der Waals surface area contributed by atoms with Crippen LogP contribution < -0.4 is 0 Å². The van der Waals surface area contributed by atoms with Crippen LogP contribution in [-0.2, 0) is 16.1 Å². The van der Waals surface area contributed by atoms with Gasteiger partial charge in [-0.05, 0) is 38.3 Å². The van der Waals surface area contributed by atoms with Crippen LogP contribution in [0.3, 0.4) is 0 Å². The summed E-state index contributed by atoms with van der Waals surface area (Å²) in [5.41, 5.74) is 3.38. The molecule has 1 aromatic heterocycles. The van der Waals surface area contributed by atoms with Gasteiger partial charge in [0.15, 0.2) is 0 Å². The molecular weight excluding hydrogens is 314 g/mol. The molecule has 2 heterocycles. The van der Waals surface area contributed by atoms with Crippen LogP contribution in [0.2, 0.25) is 0 Å². The molecule has 1 aromatic carbocycles. The lowest BCUT2D eigenvalue weighted by molar-refractivity contribution is -0.130. The number of aryl methyl sites for hydroxylation is 2. The normalized spacial score (nSPS) is 17.2. The van der Waals surface area contributed by atoms with E-state index in [1.807, 2.05) is 30.0 Å². The highest BCUT2D eigenvalue weighted by Crippen LogP contribution is 2.23. The quantitative estimate of drug-likeness (QED) is 0.726. The van der Waals surface area contributed by atoms with E-state index in [-0.39, 0.29) is 5.91 Å². The van der Waals surface area contributed by atoms with Crippen molar-refractivity contribution in [3.63, 3.8) is 0 Å². The van der Waals surface area contributed by atoms with Crippen molar-refractivity contribution in [2.24, 2.45) is 0 Å². The fourth-order valence-electron chi connectivity index (χ4n) is 3.43. The number of rotatable bonds is 7. The first kappa shape index (κ1) is 17.7. The van der Waals surface area contributed by atoms with Gasteiger partial charge in [-0.25, -0.2) is 0 Å². The number of amides is 1. The number of carbonyl (C=O) groups is 1. The Hall–Kier alpha value is -2.14. The zero-order chi connectivity index (χ0) is 17.6. The molecule has 0 spiro atoms. The van der Waals surface area contributed by atoms with Gasteiger partial charge in [0.25, 0.3) is 0 Å². The van der Waals surface area contributed by atoms with Crippen molar-refractivity contribution in [1.82, 2.24) is 14.7 Å². The lowest BCUT2D eigenvalue weighted by Crippen LogP contribution is -2.29. The Morgan fingerprint density at radius 1 is 1.28 bits per heavy atom. The van der Waals surface area contributed by atoms with E-state index < -0.39 is 0 Å². The Balaban J connectivity index is 1.37. The van der Waals surface area contributed by atoms with E-state index in [2.05, 4.69) is 34.9 Å². The van der Waals surface area contributed by atoms with Crippen molar-refractivity contribution in [2.75, 3.05) is 19.7 Å². The molecule has 0 saturated carbocycles. The van der Waals surface area contributed by atoms with Crippen LogP contribution >= 0.6 is 0 Å². The molecular formula is C20H27N3O2. The number of likely N-dealkylation sites (tertiary alicyclic amines) is 1. The van der Waals surface area contributed by atoms with Crippen LogP contribution in [0, 0.1) is 13.8 Å². The first-order valence-electron chi connectivity index (χ1n) is 9.05. The van der Waals surface area contributed by atoms with Gasteiger partial charge < -0.3 is 9.64 Å². The van der Waals surface area contributed by atoms with Crippen molar-refractivity contribution in [1.29, 1.82) is 0 Å². The smallest absolute Gasteiger partial charge is 0.222 e. The van der Waals surface area contributed by atoms with E-state index in [4.69, 9.17) is 4.74 Å². The summed E-state index contributed by atoms with van der Waals surface area (Å²) in [6.45, 7) is 6.91. The molecule has 1 atom stereocenters. The second-order valence-corrected chi connectivity index (χ2v) is 6.80. The highest BCUT2D eigenvalue weighted by molar-refractivity contribution is 5.76. The topological polar surface area (TPSA) is 47.4 Å². The Bertz CT molecular complexity index is 696. The Labute approximate surface area is 149 Å². The van der Waals surface area contributed by atoms with Crippen LogP contribution in [0.5, 0.6) is 0 Å². The molecule has 1 aliphatic heterocycles. The minimum Gasteiger partial charge on any atom is -0.377 e. The third-order valence-corrected chi connectivity index (χ3v) is 4.70. The minimum atomic E-state index is 0.229. The van der Waals surface area contributed by atoms with Crippen molar-refractivity contribution in [3.05, 3.63) is 53.3 Å². The van der Waals surface area contributed by atoms with E-state index >= 15 is 0 Å². The number of carbonyl (C=O) groups excluding carboxylic acids is 1. The van der Waals surface area contributed by atoms with Gasteiger partial charge >= 0.3 is 0 Å². The Kier molecular flexibility index (Phi) is 5.87. The lowest BCUT2D eigenvalue weighted by atomic mass is 10.2. The Morgan fingerprint density at radius 2 is 2.08 bits per heavy atom. The summed E-state index contributed by atoms with van der Waals surface area (Å²) in [5, 5.41) is 4.56. The minimum absolute atomic E-state index is 0.229. The molecule has 0 radical (unpaired) electrons. The Morgan fingerprint density at radius 3 is 2.80 bits per heavy atom. The fraction of sp³-hybridized carbons (Fsp3) is 0.500. The number of ether oxygens (including phenoxy) is 1. The molecule has 0 bridgehead atoms. The van der Waals surface area contributed by atoms with Crippen LogP contribution in [0.25, 0.3) is 0 Å². The van der Waals surface area contributed by atoms with Gasteiger partial charge in [0, 0.05) is 31.8 Å². The number of hydrogen-bond donors (Lipinski definition) is 0. The largest absolute Gasteiger partial charge is 0.377 e. The van der Waals surface area contributed by atoms with Gasteiger partial charge in [0.05, 0.1) is 18.3 Å². The molecule has 1 fully saturated rings. The van der Waals surface area contributed by atoms with E-state index in [1.54, 1.807) is 0 Å². The maximum Gasteiger partial charge on any atom is 0.222 e. The summed E-state index contributed by atoms with van der Waals surface area (Å²) in [6, 6.07) is 12.5. The zero-order valence-corrected chi connectivity index (χ0v) is 15.1. The summed E-state index contributed by atoms with van der Waals surface area (Å²) in [7, 11) is 0. The molecule has 0 N–H and O–H groups in total. The molecule has 5 nitrogen and oxygen atoms in total. The van der Waals surface area contributed by atoms with E-state index in [9.17, 15) is 4.79 Å². The van der Waals surface area contributed by atoms with E-state index in [1.165, 1.54) is 11.3 Å². The van der Waals surface area contributed by atoms with Crippen LogP contribution in [0.1, 0.15) is 42.3 Å². The van der Waals surface area contributed by atoms with Crippen molar-refractivity contribution in [2.45, 2.75) is 45.8 Å². The van der Waals surface area contributed by atoms with Gasteiger partial charge in [-0.1, -0.05) is 30.3 Å². The maximum absolute atomic E-state index is 12.4. The standard InChI is InChI=1S/C20H27N3O2/c1-16-13-17(2)23(21-16)19-10-11-22(14-19)20(24)9-6-12-25-15-18-7-4-3-5-8-18/h3-5,7-8,13,19H,6,9-12,14-15H2,1-2H3. The average molecular weight is 341 g/mol. The number of benzene rings is 1. The molecule has 1 unspecified atom stereocenters. The molecule has 5 heteroatoms. The van der Waals surface area contributed by atoms with Gasteiger partial charge in [0.1, 0.15) is 0 Å². The fourth-order valence-corrected chi connectivity index (χ4v) is 3.43. The van der Waals surface area contributed by atoms with Crippen molar-refractivity contribution >= 4 is 5.91 Å². The number of hydrogen-bond acceptors (Lipinski definition) is 3. The van der Waals surface area contributed by atoms with Gasteiger partial charge in [-0.3, -0.25) is 9.48 Å². The third kappa shape index (κ3) is 4.69. The summed E-state index contributed by atoms with van der Waals surface area (Å²) in [6.07, 6.45) is 2.31. The lowest BCUT2D eigenvalue weighted by Gasteiger charge is -2.17. The van der Waals surface area contributed by atoms with Gasteiger partial charge in [-0.15, -0.1) is 0 Å². The molecule has 1 aliphatic rings. The zero-order valence-electron chi connectivity index (χ0n) is 15.1.